The van der Waals surface area contributed by atoms with Crippen molar-refractivity contribution in [1.29, 1.82) is 0 Å². The van der Waals surface area contributed by atoms with Gasteiger partial charge in [0, 0.05) is 43.0 Å². The Bertz CT molecular complexity index is 619. The Labute approximate surface area is 147 Å². The van der Waals surface area contributed by atoms with Gasteiger partial charge in [-0.25, -0.2) is 14.4 Å². The molecular weight excluding hydrogens is 326 g/mol. The standard InChI is InChI=1S/C18H25NO6/c1-10(2)5-16(20)25-15-8-12-7-13(9-14(15)19(12)4)24-17(21)6-11(3)18(22)23/h5-6,12-15H,7-9H2,1-4H3,(H,22,23)/b11-6+/t12-,13+,14+,15+/m0/s1. The van der Waals surface area contributed by atoms with E-state index in [1.807, 2.05) is 20.9 Å². The minimum absolute atomic E-state index is 0.00406. The first-order valence-corrected chi connectivity index (χ1v) is 8.37. The molecule has 7 nitrogen and oxygen atoms in total. The molecule has 7 heteroatoms. The minimum atomic E-state index is -1.15. The van der Waals surface area contributed by atoms with E-state index in [-0.39, 0.29) is 35.8 Å². The van der Waals surface area contributed by atoms with Crippen molar-refractivity contribution in [2.45, 2.75) is 64.3 Å². The van der Waals surface area contributed by atoms with Crippen molar-refractivity contribution in [3.05, 3.63) is 23.3 Å². The molecule has 0 aliphatic carbocycles. The summed E-state index contributed by atoms with van der Waals surface area (Å²) in [5.74, 6) is -2.14. The van der Waals surface area contributed by atoms with Gasteiger partial charge in [0.05, 0.1) is 6.04 Å². The van der Waals surface area contributed by atoms with E-state index in [1.165, 1.54) is 13.0 Å². The number of esters is 2. The molecule has 0 amide bonds. The molecule has 0 radical (unpaired) electrons. The highest BCUT2D eigenvalue weighted by Crippen LogP contribution is 2.37. The lowest BCUT2D eigenvalue weighted by molar-refractivity contribution is -0.150. The van der Waals surface area contributed by atoms with E-state index in [2.05, 4.69) is 4.90 Å². The smallest absolute Gasteiger partial charge is 0.331 e. The quantitative estimate of drug-likeness (QED) is 0.595. The second-order valence-electron chi connectivity index (χ2n) is 6.98. The molecule has 4 atom stereocenters. The highest BCUT2D eigenvalue weighted by molar-refractivity contribution is 5.94. The van der Waals surface area contributed by atoms with E-state index in [0.29, 0.717) is 19.3 Å². The maximum absolute atomic E-state index is 11.9. The monoisotopic (exact) mass is 351 g/mol. The van der Waals surface area contributed by atoms with E-state index < -0.39 is 11.9 Å². The number of carbonyl (C=O) groups is 3. The maximum atomic E-state index is 11.9. The number of piperidine rings is 1. The van der Waals surface area contributed by atoms with Gasteiger partial charge in [-0.05, 0) is 27.8 Å². The SMILES string of the molecule is CC(C)=CC(=O)O[C@@H]1C[C@@H]2C[C@@H](OC(=O)/C=C(\C)C(=O)O)C[C@H]1N2C. The van der Waals surface area contributed by atoms with Crippen LogP contribution in [-0.2, 0) is 23.9 Å². The second kappa shape index (κ2) is 7.82. The molecule has 0 saturated carbocycles. The van der Waals surface area contributed by atoms with Gasteiger partial charge in [-0.1, -0.05) is 5.57 Å². The van der Waals surface area contributed by atoms with Crippen LogP contribution in [0.3, 0.4) is 0 Å². The predicted octanol–water partition coefficient (Wildman–Crippen LogP) is 1.67. The van der Waals surface area contributed by atoms with Crippen molar-refractivity contribution < 1.29 is 29.0 Å². The van der Waals surface area contributed by atoms with Crippen LogP contribution in [0, 0.1) is 0 Å². The average Bonchev–Trinajstić information content (AvgIpc) is 2.66. The zero-order valence-corrected chi connectivity index (χ0v) is 15.0. The fraction of sp³-hybridized carbons (Fsp3) is 0.611. The zero-order valence-electron chi connectivity index (χ0n) is 15.0. The lowest BCUT2D eigenvalue weighted by Gasteiger charge is -2.36. The number of ether oxygens (including phenoxy) is 2. The predicted molar refractivity (Wildman–Crippen MR) is 89.8 cm³/mol. The molecule has 25 heavy (non-hydrogen) atoms. The number of rotatable bonds is 5. The van der Waals surface area contributed by atoms with Crippen LogP contribution in [0.25, 0.3) is 0 Å². The summed E-state index contributed by atoms with van der Waals surface area (Å²) in [4.78, 5) is 36.7. The summed E-state index contributed by atoms with van der Waals surface area (Å²) in [6.45, 7) is 5.02. The van der Waals surface area contributed by atoms with Crippen LogP contribution in [0.2, 0.25) is 0 Å². The van der Waals surface area contributed by atoms with Gasteiger partial charge in [-0.3, -0.25) is 4.90 Å². The first-order valence-electron chi connectivity index (χ1n) is 8.37. The van der Waals surface area contributed by atoms with E-state index >= 15 is 0 Å². The van der Waals surface area contributed by atoms with Crippen molar-refractivity contribution in [2.75, 3.05) is 7.05 Å². The fourth-order valence-corrected chi connectivity index (χ4v) is 3.45. The van der Waals surface area contributed by atoms with Crippen LogP contribution in [0.1, 0.15) is 40.0 Å². The van der Waals surface area contributed by atoms with Gasteiger partial charge in [0.25, 0.3) is 0 Å². The molecule has 2 aliphatic rings. The molecule has 1 N–H and O–H groups in total. The van der Waals surface area contributed by atoms with Gasteiger partial charge >= 0.3 is 17.9 Å². The summed E-state index contributed by atoms with van der Waals surface area (Å²) in [6.07, 6.45) is 3.86. The van der Waals surface area contributed by atoms with Crippen LogP contribution < -0.4 is 0 Å². The van der Waals surface area contributed by atoms with E-state index in [4.69, 9.17) is 14.6 Å². The Morgan fingerprint density at radius 1 is 1.00 bits per heavy atom. The molecule has 2 rings (SSSR count). The Morgan fingerprint density at radius 3 is 2.24 bits per heavy atom. The lowest BCUT2D eigenvalue weighted by Crippen LogP contribution is -2.46. The molecular formula is C18H25NO6. The number of nitrogens with zero attached hydrogens (tertiary/aromatic N) is 1. The lowest BCUT2D eigenvalue weighted by atomic mass is 10.0. The minimum Gasteiger partial charge on any atom is -0.478 e. The highest BCUT2D eigenvalue weighted by Gasteiger charge is 2.47. The van der Waals surface area contributed by atoms with Gasteiger partial charge < -0.3 is 14.6 Å². The van der Waals surface area contributed by atoms with Crippen LogP contribution in [0.4, 0.5) is 0 Å². The first-order chi connectivity index (χ1) is 11.7. The molecule has 2 heterocycles. The summed E-state index contributed by atoms with van der Waals surface area (Å²) in [5, 5.41) is 8.81. The molecule has 0 aromatic heterocycles. The van der Waals surface area contributed by atoms with E-state index in [1.54, 1.807) is 0 Å². The van der Waals surface area contributed by atoms with Crippen LogP contribution in [-0.4, -0.2) is 59.3 Å². The highest BCUT2D eigenvalue weighted by atomic mass is 16.6. The number of fused-ring (bicyclic) bond motifs is 2. The number of carboxylic acids is 1. The first kappa shape index (κ1) is 19.2. The Kier molecular flexibility index (Phi) is 6.00. The molecule has 2 bridgehead atoms. The summed E-state index contributed by atoms with van der Waals surface area (Å²) >= 11 is 0. The number of hydrogen-bond donors (Lipinski definition) is 1. The summed E-state index contributed by atoms with van der Waals surface area (Å²) in [5.41, 5.74) is 0.821. The molecule has 0 spiro atoms. The van der Waals surface area contributed by atoms with E-state index in [9.17, 15) is 14.4 Å². The Balaban J connectivity index is 1.97. The Hall–Kier alpha value is -2.15. The van der Waals surface area contributed by atoms with Crippen molar-refractivity contribution in [3.63, 3.8) is 0 Å². The number of likely N-dealkylation sites (N-methyl/N-ethyl adjacent to an activating group) is 1. The topological polar surface area (TPSA) is 93.1 Å². The van der Waals surface area contributed by atoms with Crippen molar-refractivity contribution >= 4 is 17.9 Å². The third-order valence-electron chi connectivity index (χ3n) is 4.70. The normalized spacial score (nSPS) is 29.0. The summed E-state index contributed by atoms with van der Waals surface area (Å²) in [7, 11) is 1.98. The molecule has 2 fully saturated rings. The number of aliphatic carboxylic acids is 1. The van der Waals surface area contributed by atoms with Crippen LogP contribution in [0.5, 0.6) is 0 Å². The molecule has 138 valence electrons. The molecule has 2 aliphatic heterocycles. The third-order valence-corrected chi connectivity index (χ3v) is 4.70. The van der Waals surface area contributed by atoms with Crippen molar-refractivity contribution in [3.8, 4) is 0 Å². The second-order valence-corrected chi connectivity index (χ2v) is 6.98. The fourth-order valence-electron chi connectivity index (χ4n) is 3.45. The summed E-state index contributed by atoms with van der Waals surface area (Å²) < 4.78 is 11.0. The Morgan fingerprint density at radius 2 is 1.64 bits per heavy atom. The molecule has 2 saturated heterocycles. The number of hydrogen-bond acceptors (Lipinski definition) is 6. The average molecular weight is 351 g/mol. The van der Waals surface area contributed by atoms with Gasteiger partial charge in [-0.15, -0.1) is 0 Å². The van der Waals surface area contributed by atoms with E-state index in [0.717, 1.165) is 11.6 Å². The van der Waals surface area contributed by atoms with Gasteiger partial charge in [-0.2, -0.15) is 0 Å². The van der Waals surface area contributed by atoms with Crippen molar-refractivity contribution in [2.24, 2.45) is 0 Å². The van der Waals surface area contributed by atoms with Gasteiger partial charge in [0.1, 0.15) is 12.2 Å². The largest absolute Gasteiger partial charge is 0.478 e. The molecule has 0 aromatic carbocycles. The molecule has 0 unspecified atom stereocenters. The third kappa shape index (κ3) is 4.92. The number of carbonyl (C=O) groups excluding carboxylic acids is 2. The van der Waals surface area contributed by atoms with Crippen molar-refractivity contribution in [1.82, 2.24) is 4.90 Å². The van der Waals surface area contributed by atoms with Gasteiger partial charge in [0.2, 0.25) is 0 Å². The zero-order chi connectivity index (χ0) is 18.7. The maximum Gasteiger partial charge on any atom is 0.331 e. The van der Waals surface area contributed by atoms with Gasteiger partial charge in [0.15, 0.2) is 0 Å². The van der Waals surface area contributed by atoms with Crippen LogP contribution >= 0.6 is 0 Å². The van der Waals surface area contributed by atoms with Crippen LogP contribution in [0.15, 0.2) is 23.3 Å². The number of carboxylic acid groups (broad SMARTS) is 1. The summed E-state index contributed by atoms with van der Waals surface area (Å²) in [6, 6.07) is 0.168. The molecule has 0 aromatic rings. The number of allylic oxidation sites excluding steroid dienone is 1.